The first-order chi connectivity index (χ1) is 11.8. The zero-order chi connectivity index (χ0) is 18.8. The Morgan fingerprint density at radius 3 is 2.60 bits per heavy atom. The second-order valence-corrected chi connectivity index (χ2v) is 6.75. The summed E-state index contributed by atoms with van der Waals surface area (Å²) in [6, 6.07) is 1.53. The second-order valence-electron chi connectivity index (χ2n) is 6.00. The van der Waals surface area contributed by atoms with E-state index in [1.807, 2.05) is 0 Å². The summed E-state index contributed by atoms with van der Waals surface area (Å²) in [5.41, 5.74) is 0.00866. The maximum Gasteiger partial charge on any atom is 0.355 e. The molecule has 0 radical (unpaired) electrons. The van der Waals surface area contributed by atoms with Crippen molar-refractivity contribution in [3.8, 4) is 5.75 Å². The highest BCUT2D eigenvalue weighted by Crippen LogP contribution is 2.48. The summed E-state index contributed by atoms with van der Waals surface area (Å²) in [7, 11) is 0. The predicted octanol–water partition coefficient (Wildman–Crippen LogP) is 4.52. The largest absolute Gasteiger partial charge is 0.355 e. The highest BCUT2D eigenvalue weighted by molar-refractivity contribution is 6.45. The molecule has 0 aliphatic heterocycles. The van der Waals surface area contributed by atoms with Crippen molar-refractivity contribution in [2.75, 3.05) is 0 Å². The van der Waals surface area contributed by atoms with Crippen molar-refractivity contribution in [1.29, 1.82) is 0 Å². The fourth-order valence-electron chi connectivity index (χ4n) is 2.79. The molecule has 1 aromatic carbocycles. The first-order valence-electron chi connectivity index (χ1n) is 7.81. The van der Waals surface area contributed by atoms with Gasteiger partial charge in [-0.1, -0.05) is 36.2 Å². The van der Waals surface area contributed by atoms with E-state index in [-0.39, 0.29) is 40.2 Å². The third kappa shape index (κ3) is 3.72. The van der Waals surface area contributed by atoms with Crippen molar-refractivity contribution in [2.45, 2.75) is 39.5 Å². The summed E-state index contributed by atoms with van der Waals surface area (Å²) in [6.45, 7) is 6.86. The van der Waals surface area contributed by atoms with Crippen molar-refractivity contribution in [3.05, 3.63) is 39.9 Å². The zero-order valence-electron chi connectivity index (χ0n) is 14.0. The molecule has 1 aliphatic rings. The van der Waals surface area contributed by atoms with Gasteiger partial charge in [-0.05, 0) is 31.4 Å². The Morgan fingerprint density at radius 2 is 2.04 bits per heavy atom. The molecule has 0 saturated carbocycles. The van der Waals surface area contributed by atoms with Crippen molar-refractivity contribution in [1.82, 2.24) is 0 Å². The number of Topliss-reactive ketones (excluding diaryl/α,β-unsaturated/α-hetero) is 2. The molecule has 0 N–H and O–H groups in total. The van der Waals surface area contributed by atoms with Crippen molar-refractivity contribution in [3.63, 3.8) is 0 Å². The SMILES string of the molecule is C=CC1(CCC(C)=O)Cc2cc(OOC(=O)CC)c(Cl)c(Cl)c2C1=O. The van der Waals surface area contributed by atoms with E-state index in [0.717, 1.165) is 0 Å². The quantitative estimate of drug-likeness (QED) is 0.392. The van der Waals surface area contributed by atoms with Gasteiger partial charge < -0.3 is 4.79 Å². The van der Waals surface area contributed by atoms with Gasteiger partial charge in [0, 0.05) is 18.4 Å². The molecule has 0 heterocycles. The van der Waals surface area contributed by atoms with E-state index in [4.69, 9.17) is 28.1 Å². The first kappa shape index (κ1) is 19.5. The summed E-state index contributed by atoms with van der Waals surface area (Å²) < 4.78 is 0. The average molecular weight is 385 g/mol. The van der Waals surface area contributed by atoms with Crippen molar-refractivity contribution >= 4 is 40.7 Å². The molecule has 25 heavy (non-hydrogen) atoms. The minimum absolute atomic E-state index is 0.00962. The number of hydrogen-bond donors (Lipinski definition) is 0. The molecule has 1 unspecified atom stereocenters. The maximum absolute atomic E-state index is 12.9. The van der Waals surface area contributed by atoms with Gasteiger partial charge in [0.1, 0.15) is 10.8 Å². The Bertz CT molecular complexity index is 756. The van der Waals surface area contributed by atoms with Crippen LogP contribution in [-0.2, 0) is 20.9 Å². The van der Waals surface area contributed by atoms with Gasteiger partial charge in [0.2, 0.25) is 0 Å². The third-order valence-electron chi connectivity index (χ3n) is 4.27. The summed E-state index contributed by atoms with van der Waals surface area (Å²) in [4.78, 5) is 45.1. The number of carbonyl (C=O) groups excluding carboxylic acids is 3. The monoisotopic (exact) mass is 384 g/mol. The van der Waals surface area contributed by atoms with E-state index in [9.17, 15) is 14.4 Å². The van der Waals surface area contributed by atoms with Crippen LogP contribution in [0.1, 0.15) is 49.0 Å². The molecule has 1 aromatic rings. The molecule has 2 rings (SSSR count). The topological polar surface area (TPSA) is 69.7 Å². The van der Waals surface area contributed by atoms with Crippen LogP contribution in [0.15, 0.2) is 18.7 Å². The van der Waals surface area contributed by atoms with Gasteiger partial charge in [-0.3, -0.25) is 14.6 Å². The maximum atomic E-state index is 12.9. The number of benzene rings is 1. The molecule has 0 spiro atoms. The number of allylic oxidation sites excluding steroid dienone is 1. The minimum atomic E-state index is -0.903. The Kier molecular flexibility index (Phi) is 5.91. The lowest BCUT2D eigenvalue weighted by atomic mass is 9.79. The van der Waals surface area contributed by atoms with Crippen molar-refractivity contribution in [2.24, 2.45) is 5.41 Å². The Hall–Kier alpha value is -1.85. The zero-order valence-corrected chi connectivity index (χ0v) is 15.5. The van der Waals surface area contributed by atoms with E-state index >= 15 is 0 Å². The molecule has 0 saturated heterocycles. The summed E-state index contributed by atoms with van der Waals surface area (Å²) in [5, 5.41) is 0.0300. The highest BCUT2D eigenvalue weighted by atomic mass is 35.5. The van der Waals surface area contributed by atoms with Gasteiger partial charge in [0.05, 0.1) is 10.4 Å². The lowest BCUT2D eigenvalue weighted by molar-refractivity contribution is -0.213. The summed E-state index contributed by atoms with van der Waals surface area (Å²) in [5.74, 6) is -0.732. The lowest BCUT2D eigenvalue weighted by Gasteiger charge is -2.22. The van der Waals surface area contributed by atoms with Crippen LogP contribution in [0.2, 0.25) is 10.0 Å². The molecule has 1 atom stereocenters. The van der Waals surface area contributed by atoms with Crippen LogP contribution in [0.3, 0.4) is 0 Å². The van der Waals surface area contributed by atoms with Gasteiger partial charge in [-0.2, -0.15) is 0 Å². The number of rotatable bonds is 7. The van der Waals surface area contributed by atoms with E-state index in [1.165, 1.54) is 13.0 Å². The standard InChI is InChI=1S/C18H18Cl2O5/c1-4-13(22)25-24-12-8-11-9-18(5-2,7-6-10(3)21)17(23)14(11)16(20)15(12)19/h5,8H,2,4,6-7,9H2,1,3H3. The number of fused-ring (bicyclic) bond motifs is 1. The van der Waals surface area contributed by atoms with E-state index in [0.29, 0.717) is 24.0 Å². The lowest BCUT2D eigenvalue weighted by Crippen LogP contribution is -2.26. The van der Waals surface area contributed by atoms with Crippen LogP contribution in [0.5, 0.6) is 5.75 Å². The highest BCUT2D eigenvalue weighted by Gasteiger charge is 2.45. The Labute approximate surface area is 155 Å². The summed E-state index contributed by atoms with van der Waals surface area (Å²) >= 11 is 12.4. The van der Waals surface area contributed by atoms with Crippen molar-refractivity contribution < 1.29 is 24.2 Å². The van der Waals surface area contributed by atoms with E-state index in [2.05, 4.69) is 11.5 Å². The first-order valence-corrected chi connectivity index (χ1v) is 8.57. The van der Waals surface area contributed by atoms with Crippen LogP contribution in [0.25, 0.3) is 0 Å². The molecular formula is C18H18Cl2O5. The molecule has 0 amide bonds. The molecular weight excluding hydrogens is 367 g/mol. The van der Waals surface area contributed by atoms with Crippen LogP contribution in [0, 0.1) is 5.41 Å². The fraction of sp³-hybridized carbons (Fsp3) is 0.389. The van der Waals surface area contributed by atoms with Crippen LogP contribution < -0.4 is 4.89 Å². The van der Waals surface area contributed by atoms with Crippen LogP contribution >= 0.6 is 23.2 Å². The second kappa shape index (κ2) is 7.58. The van der Waals surface area contributed by atoms with Gasteiger partial charge in [-0.15, -0.1) is 6.58 Å². The fourth-order valence-corrected chi connectivity index (χ4v) is 3.27. The molecule has 1 aliphatic carbocycles. The predicted molar refractivity (Wildman–Crippen MR) is 94.1 cm³/mol. The van der Waals surface area contributed by atoms with Gasteiger partial charge in [0.25, 0.3) is 0 Å². The molecule has 134 valence electrons. The van der Waals surface area contributed by atoms with Gasteiger partial charge in [0.15, 0.2) is 11.5 Å². The number of halogens is 2. The molecule has 0 fully saturated rings. The van der Waals surface area contributed by atoms with E-state index in [1.54, 1.807) is 13.0 Å². The molecule has 7 heteroatoms. The average Bonchev–Trinajstić information content (AvgIpc) is 2.87. The number of carbonyl (C=O) groups is 3. The Morgan fingerprint density at radius 1 is 1.36 bits per heavy atom. The van der Waals surface area contributed by atoms with E-state index < -0.39 is 11.4 Å². The minimum Gasteiger partial charge on any atom is -0.300 e. The molecule has 0 bridgehead atoms. The van der Waals surface area contributed by atoms with Crippen LogP contribution in [-0.4, -0.2) is 17.5 Å². The smallest absolute Gasteiger partial charge is 0.300 e. The Balaban J connectivity index is 2.38. The van der Waals surface area contributed by atoms with Gasteiger partial charge in [-0.25, -0.2) is 4.79 Å². The van der Waals surface area contributed by atoms with Gasteiger partial charge >= 0.3 is 5.97 Å². The normalized spacial score (nSPS) is 18.6. The molecule has 5 nitrogen and oxygen atoms in total. The number of ketones is 2. The number of hydrogen-bond acceptors (Lipinski definition) is 5. The summed E-state index contributed by atoms with van der Waals surface area (Å²) in [6.07, 6.45) is 2.62. The third-order valence-corrected chi connectivity index (χ3v) is 5.12. The van der Waals surface area contributed by atoms with Crippen LogP contribution in [0.4, 0.5) is 0 Å². The molecule has 0 aromatic heterocycles.